The molecule has 0 aliphatic carbocycles. The normalized spacial score (nSPS) is 14.5. The van der Waals surface area contributed by atoms with Crippen molar-refractivity contribution in [3.8, 4) is 23.0 Å². The molecule has 2 aromatic heterocycles. The minimum absolute atomic E-state index is 0.120. The molecule has 0 spiro atoms. The van der Waals surface area contributed by atoms with Gasteiger partial charge in [0, 0.05) is 35.5 Å². The predicted octanol–water partition coefficient (Wildman–Crippen LogP) is 3.76. The highest BCUT2D eigenvalue weighted by atomic mass is 16.5. The minimum Gasteiger partial charge on any atom is -0.493 e. The van der Waals surface area contributed by atoms with Crippen LogP contribution in [0.1, 0.15) is 39.3 Å². The second-order valence-electron chi connectivity index (χ2n) is 8.57. The van der Waals surface area contributed by atoms with E-state index >= 15 is 0 Å². The number of nitrogens with one attached hydrogen (secondary N) is 2. The maximum Gasteiger partial charge on any atom is 0.340 e. The minimum atomic E-state index is -0.542. The summed E-state index contributed by atoms with van der Waals surface area (Å²) < 4.78 is 26.6. The molecule has 0 bridgehead atoms. The van der Waals surface area contributed by atoms with Gasteiger partial charge in [-0.25, -0.2) is 4.79 Å². The van der Waals surface area contributed by atoms with Gasteiger partial charge in [-0.15, -0.1) is 0 Å². The lowest BCUT2D eigenvalue weighted by Gasteiger charge is -2.17. The summed E-state index contributed by atoms with van der Waals surface area (Å²) in [4.78, 5) is 45.3. The Morgan fingerprint density at radius 2 is 1.76 bits per heavy atom. The van der Waals surface area contributed by atoms with Crippen LogP contribution in [0, 0.1) is 0 Å². The van der Waals surface area contributed by atoms with Gasteiger partial charge in [0.2, 0.25) is 5.75 Å². The van der Waals surface area contributed by atoms with Gasteiger partial charge in [0.15, 0.2) is 17.2 Å². The monoisotopic (exact) mass is 507 g/mol. The first-order valence-electron chi connectivity index (χ1n) is 11.4. The number of ether oxygens (including phenoxy) is 5. The Morgan fingerprint density at radius 3 is 2.41 bits per heavy atom. The molecule has 1 aliphatic rings. The number of hydrogen-bond acceptors (Lipinski definition) is 8. The van der Waals surface area contributed by atoms with Crippen molar-refractivity contribution in [3.05, 3.63) is 41.2 Å². The highest BCUT2D eigenvalue weighted by Crippen LogP contribution is 2.47. The maximum absolute atomic E-state index is 13.8. The summed E-state index contributed by atoms with van der Waals surface area (Å²) in [5.74, 6) is 0.492. The Morgan fingerprint density at radius 1 is 1.00 bits per heavy atom. The molecule has 11 nitrogen and oxygen atoms in total. The van der Waals surface area contributed by atoms with Gasteiger partial charge >= 0.3 is 5.97 Å². The first kappa shape index (κ1) is 24.0. The number of aromatic amines is 2. The van der Waals surface area contributed by atoms with Crippen molar-refractivity contribution in [3.63, 3.8) is 0 Å². The zero-order valence-electron chi connectivity index (χ0n) is 20.9. The molecule has 2 aromatic carbocycles. The molecule has 11 heteroatoms. The molecule has 1 unspecified atom stereocenters. The van der Waals surface area contributed by atoms with Crippen LogP contribution in [0.3, 0.4) is 0 Å². The topological polar surface area (TPSA) is 132 Å². The fourth-order valence-corrected chi connectivity index (χ4v) is 5.10. The Kier molecular flexibility index (Phi) is 5.90. The summed E-state index contributed by atoms with van der Waals surface area (Å²) >= 11 is 0. The van der Waals surface area contributed by atoms with Crippen molar-refractivity contribution in [2.75, 3.05) is 39.9 Å². The van der Waals surface area contributed by atoms with Gasteiger partial charge in [0.25, 0.3) is 12.4 Å². The van der Waals surface area contributed by atoms with Crippen LogP contribution in [0.25, 0.3) is 21.8 Å². The van der Waals surface area contributed by atoms with Crippen LogP contribution < -0.4 is 23.8 Å². The number of anilines is 1. The summed E-state index contributed by atoms with van der Waals surface area (Å²) in [7, 11) is 5.83. The summed E-state index contributed by atoms with van der Waals surface area (Å²) in [5.41, 5.74) is 2.97. The van der Waals surface area contributed by atoms with Crippen molar-refractivity contribution in [2.24, 2.45) is 0 Å². The van der Waals surface area contributed by atoms with E-state index in [0.29, 0.717) is 69.0 Å². The molecular weight excluding hydrogens is 482 g/mol. The number of esters is 1. The summed E-state index contributed by atoms with van der Waals surface area (Å²) in [5, 5.41) is 1.25. The second kappa shape index (κ2) is 9.08. The number of carbonyl (C=O) groups is 3. The van der Waals surface area contributed by atoms with Gasteiger partial charge in [0.1, 0.15) is 5.69 Å². The Hall–Kier alpha value is -4.67. The first-order chi connectivity index (χ1) is 17.9. The maximum atomic E-state index is 13.8. The molecule has 0 radical (unpaired) electrons. The van der Waals surface area contributed by atoms with Crippen molar-refractivity contribution >= 4 is 45.8 Å². The fraction of sp³-hybridized carbons (Fsp3) is 0.269. The lowest BCUT2D eigenvalue weighted by molar-refractivity contribution is -0.120. The van der Waals surface area contributed by atoms with Crippen LogP contribution in [-0.4, -0.2) is 63.3 Å². The number of hydrogen-bond donors (Lipinski definition) is 2. The number of benzene rings is 2. The molecule has 5 rings (SSSR count). The van der Waals surface area contributed by atoms with Crippen LogP contribution in [-0.2, 0) is 9.53 Å². The Bertz CT molecular complexity index is 1570. The third-order valence-electron chi connectivity index (χ3n) is 6.66. The zero-order chi connectivity index (χ0) is 26.4. The molecule has 1 aliphatic heterocycles. The number of rotatable bonds is 7. The molecule has 2 N–H and O–H groups in total. The largest absolute Gasteiger partial charge is 0.493 e. The summed E-state index contributed by atoms with van der Waals surface area (Å²) in [6.07, 6.45) is 1.51. The van der Waals surface area contributed by atoms with E-state index in [1.165, 1.54) is 34.6 Å². The molecule has 37 heavy (non-hydrogen) atoms. The SMILES string of the molecule is COC(=O)c1c[nH]c2c(OC=O)cc3c(c12)C(C)CN3C(=O)c1cc2cc(OC)c(OC)c(OC)c2[nH]1. The van der Waals surface area contributed by atoms with Gasteiger partial charge in [-0.3, -0.25) is 9.59 Å². The van der Waals surface area contributed by atoms with Crippen LogP contribution in [0.5, 0.6) is 23.0 Å². The number of amides is 1. The second-order valence-corrected chi connectivity index (χ2v) is 8.57. The van der Waals surface area contributed by atoms with Crippen LogP contribution in [0.2, 0.25) is 0 Å². The van der Waals surface area contributed by atoms with Gasteiger partial charge < -0.3 is 38.6 Å². The standard InChI is InChI=1S/C26H25N3O8/c1-12-10-29(16-8-17(37-11-30)22-20(19(12)16)14(9-27-22)26(32)36-5)25(31)15-6-13-7-18(33-2)23(34-3)24(35-4)21(13)28-15/h6-9,11-12,27-28H,10H2,1-5H3. The van der Waals surface area contributed by atoms with E-state index in [1.54, 1.807) is 23.1 Å². The predicted molar refractivity (Wildman–Crippen MR) is 134 cm³/mol. The van der Waals surface area contributed by atoms with E-state index < -0.39 is 5.97 Å². The molecule has 0 saturated heterocycles. The lowest BCUT2D eigenvalue weighted by atomic mass is 9.96. The molecule has 0 saturated carbocycles. The van der Waals surface area contributed by atoms with Gasteiger partial charge in [-0.2, -0.15) is 0 Å². The molecule has 4 aromatic rings. The highest BCUT2D eigenvalue weighted by molar-refractivity contribution is 6.14. The summed E-state index contributed by atoms with van der Waals surface area (Å²) in [6, 6.07) is 5.09. The number of aromatic nitrogens is 2. The van der Waals surface area contributed by atoms with Gasteiger partial charge in [-0.1, -0.05) is 6.92 Å². The third kappa shape index (κ3) is 3.53. The molecular formula is C26H25N3O8. The average Bonchev–Trinajstić information content (AvgIpc) is 3.62. The van der Waals surface area contributed by atoms with Gasteiger partial charge in [0.05, 0.1) is 50.7 Å². The lowest BCUT2D eigenvalue weighted by Crippen LogP contribution is -2.29. The number of nitrogens with zero attached hydrogens (tertiary/aromatic N) is 1. The van der Waals surface area contributed by atoms with Gasteiger partial charge in [-0.05, 0) is 17.7 Å². The molecule has 3 heterocycles. The van der Waals surface area contributed by atoms with Crippen LogP contribution in [0.15, 0.2) is 24.4 Å². The van der Waals surface area contributed by atoms with Crippen LogP contribution >= 0.6 is 0 Å². The third-order valence-corrected chi connectivity index (χ3v) is 6.66. The van der Waals surface area contributed by atoms with Crippen molar-refractivity contribution in [2.45, 2.75) is 12.8 Å². The number of methoxy groups -OCH3 is 4. The number of H-pyrrole nitrogens is 2. The highest BCUT2D eigenvalue weighted by Gasteiger charge is 2.36. The first-order valence-corrected chi connectivity index (χ1v) is 11.4. The van der Waals surface area contributed by atoms with Crippen molar-refractivity contribution in [1.82, 2.24) is 9.97 Å². The van der Waals surface area contributed by atoms with Crippen molar-refractivity contribution < 1.29 is 38.1 Å². The molecule has 1 amide bonds. The quantitative estimate of drug-likeness (QED) is 0.285. The number of carbonyl (C=O) groups excluding carboxylic acids is 3. The zero-order valence-corrected chi connectivity index (χ0v) is 20.9. The smallest absolute Gasteiger partial charge is 0.340 e. The van der Waals surface area contributed by atoms with Crippen LogP contribution in [0.4, 0.5) is 5.69 Å². The van der Waals surface area contributed by atoms with E-state index in [0.717, 1.165) is 5.56 Å². The molecule has 0 fully saturated rings. The van der Waals surface area contributed by atoms with E-state index in [-0.39, 0.29) is 17.6 Å². The number of fused-ring (bicyclic) bond motifs is 4. The average molecular weight is 507 g/mol. The molecule has 1 atom stereocenters. The Labute approximate surface area is 211 Å². The van der Waals surface area contributed by atoms with Crippen molar-refractivity contribution in [1.29, 1.82) is 0 Å². The van der Waals surface area contributed by atoms with E-state index in [1.807, 2.05) is 6.92 Å². The fourth-order valence-electron chi connectivity index (χ4n) is 5.10. The van der Waals surface area contributed by atoms with E-state index in [2.05, 4.69) is 9.97 Å². The Balaban J connectivity index is 1.67. The summed E-state index contributed by atoms with van der Waals surface area (Å²) in [6.45, 7) is 2.61. The van der Waals surface area contributed by atoms with E-state index in [4.69, 9.17) is 23.7 Å². The van der Waals surface area contributed by atoms with E-state index in [9.17, 15) is 14.4 Å². The molecule has 192 valence electrons.